The van der Waals surface area contributed by atoms with E-state index in [1.165, 1.54) is 0 Å². The number of pyridine rings is 1. The number of hydrogen-bond donors (Lipinski definition) is 2. The molecule has 2 N–H and O–H groups in total. The van der Waals surface area contributed by atoms with Gasteiger partial charge in [-0.25, -0.2) is 9.78 Å². The number of fused-ring (bicyclic) bond motifs is 1. The summed E-state index contributed by atoms with van der Waals surface area (Å²) in [6.07, 6.45) is 6.52. The van der Waals surface area contributed by atoms with Gasteiger partial charge in [0.25, 0.3) is 5.56 Å². The molecule has 190 valence electrons. The minimum Gasteiger partial charge on any atom is -0.444 e. The normalized spacial score (nSPS) is 19.1. The molecule has 0 aliphatic carbocycles. The topological polar surface area (TPSA) is 137 Å². The highest BCUT2D eigenvalue weighted by Crippen LogP contribution is 2.33. The lowest BCUT2D eigenvalue weighted by Gasteiger charge is -2.34. The van der Waals surface area contributed by atoms with Crippen LogP contribution in [0.2, 0.25) is 0 Å². The largest absolute Gasteiger partial charge is 0.444 e. The number of nitrogens with zero attached hydrogens (tertiary/aromatic N) is 5. The Balaban J connectivity index is 1.24. The van der Waals surface area contributed by atoms with Crippen LogP contribution >= 0.6 is 0 Å². The highest BCUT2D eigenvalue weighted by Gasteiger charge is 2.36. The van der Waals surface area contributed by atoms with E-state index in [0.717, 1.165) is 17.7 Å². The van der Waals surface area contributed by atoms with Crippen molar-refractivity contribution in [3.05, 3.63) is 40.7 Å². The van der Waals surface area contributed by atoms with Crippen molar-refractivity contribution >= 4 is 22.9 Å². The molecule has 5 rings (SSSR count). The maximum absolute atomic E-state index is 13.3. The maximum atomic E-state index is 13.3. The van der Waals surface area contributed by atoms with Crippen molar-refractivity contribution in [1.82, 2.24) is 34.9 Å². The summed E-state index contributed by atoms with van der Waals surface area (Å²) in [4.78, 5) is 53.2. The Kier molecular flexibility index (Phi) is 6.23. The second kappa shape index (κ2) is 9.36. The zero-order valence-electron chi connectivity index (χ0n) is 20.8. The highest BCUT2D eigenvalue weighted by atomic mass is 16.6. The van der Waals surface area contributed by atoms with Crippen LogP contribution in [0, 0.1) is 5.92 Å². The fraction of sp³-hybridized carbons (Fsp3) is 0.520. The van der Waals surface area contributed by atoms with E-state index >= 15 is 0 Å². The van der Waals surface area contributed by atoms with Gasteiger partial charge in [0.1, 0.15) is 11.4 Å². The molecule has 2 amide bonds. The average molecular weight is 494 g/mol. The van der Waals surface area contributed by atoms with Gasteiger partial charge in [0, 0.05) is 44.2 Å². The number of piperidine rings is 1. The van der Waals surface area contributed by atoms with Crippen molar-refractivity contribution in [2.24, 2.45) is 5.92 Å². The number of aromatic nitrogens is 5. The Morgan fingerprint density at radius 1 is 1.08 bits per heavy atom. The third kappa shape index (κ3) is 4.82. The van der Waals surface area contributed by atoms with E-state index in [9.17, 15) is 14.4 Å². The quantitative estimate of drug-likeness (QED) is 0.572. The standard InChI is InChI=1S/C25H31N7O4/c1-25(2,3)36-24(35)31-9-5-15(6-10-31)23(34)32-11-7-16(14-32)20-18(12-27-30-20)21-28-19-13-26-8-4-17(19)22(33)29-21/h4,8,12-13,15-16H,5-7,9-11,14H2,1-3H3,(H,27,30)(H,28,29,33)/t16-/m0/s1. The number of carbonyl (C=O) groups is 2. The van der Waals surface area contributed by atoms with Crippen LogP contribution in [0.1, 0.15) is 51.6 Å². The number of carbonyl (C=O) groups excluding carboxylic acids is 2. The van der Waals surface area contributed by atoms with Gasteiger partial charge >= 0.3 is 6.09 Å². The molecule has 2 aliphatic heterocycles. The van der Waals surface area contributed by atoms with Gasteiger partial charge in [-0.3, -0.25) is 19.7 Å². The molecule has 1 atom stereocenters. The monoisotopic (exact) mass is 493 g/mol. The second-order valence-corrected chi connectivity index (χ2v) is 10.5. The van der Waals surface area contributed by atoms with Gasteiger partial charge < -0.3 is 19.5 Å². The zero-order chi connectivity index (χ0) is 25.4. The van der Waals surface area contributed by atoms with Crippen LogP contribution in [0.15, 0.2) is 29.5 Å². The lowest BCUT2D eigenvalue weighted by atomic mass is 9.95. The molecule has 0 aromatic carbocycles. The number of aromatic amines is 2. The predicted octanol–water partition coefficient (Wildman–Crippen LogP) is 2.67. The second-order valence-electron chi connectivity index (χ2n) is 10.5. The molecule has 0 saturated carbocycles. The Morgan fingerprint density at radius 3 is 2.58 bits per heavy atom. The SMILES string of the molecule is CC(C)(C)OC(=O)N1CCC(C(=O)N2CC[C@H](c3[nH]ncc3-c3nc4cnccc4c(=O)[nH]3)C2)CC1. The minimum atomic E-state index is -0.536. The Labute approximate surface area is 208 Å². The number of nitrogens with one attached hydrogen (secondary N) is 2. The number of likely N-dealkylation sites (tertiary alicyclic amines) is 2. The lowest BCUT2D eigenvalue weighted by molar-refractivity contribution is -0.136. The third-order valence-electron chi connectivity index (χ3n) is 6.84. The Morgan fingerprint density at radius 2 is 1.83 bits per heavy atom. The third-order valence-corrected chi connectivity index (χ3v) is 6.84. The molecule has 5 heterocycles. The molecule has 3 aromatic heterocycles. The number of ether oxygens (including phenoxy) is 1. The van der Waals surface area contributed by atoms with Crippen molar-refractivity contribution in [2.45, 2.75) is 51.6 Å². The molecule has 11 nitrogen and oxygen atoms in total. The molecule has 2 aliphatic rings. The first-order valence-corrected chi connectivity index (χ1v) is 12.3. The van der Waals surface area contributed by atoms with Crippen molar-refractivity contribution in [3.63, 3.8) is 0 Å². The average Bonchev–Trinajstić information content (AvgIpc) is 3.52. The van der Waals surface area contributed by atoms with Crippen molar-refractivity contribution in [3.8, 4) is 11.4 Å². The summed E-state index contributed by atoms with van der Waals surface area (Å²) < 4.78 is 5.46. The summed E-state index contributed by atoms with van der Waals surface area (Å²) in [5.74, 6) is 0.520. The molecule has 0 spiro atoms. The highest BCUT2D eigenvalue weighted by molar-refractivity contribution is 5.80. The number of H-pyrrole nitrogens is 2. The fourth-order valence-electron chi connectivity index (χ4n) is 5.00. The minimum absolute atomic E-state index is 0.0585. The number of hydrogen-bond acceptors (Lipinski definition) is 7. The first-order valence-electron chi connectivity index (χ1n) is 12.3. The summed E-state index contributed by atoms with van der Waals surface area (Å²) in [6.45, 7) is 7.80. The van der Waals surface area contributed by atoms with Crippen LogP contribution in [0.3, 0.4) is 0 Å². The molecule has 0 bridgehead atoms. The first-order chi connectivity index (χ1) is 17.2. The van der Waals surface area contributed by atoms with Crippen molar-refractivity contribution in [1.29, 1.82) is 0 Å². The molecule has 2 fully saturated rings. The van der Waals surface area contributed by atoms with E-state index in [1.54, 1.807) is 29.6 Å². The summed E-state index contributed by atoms with van der Waals surface area (Å²) in [5.41, 5.74) is 1.33. The van der Waals surface area contributed by atoms with E-state index in [0.29, 0.717) is 55.7 Å². The van der Waals surface area contributed by atoms with Gasteiger partial charge in [-0.15, -0.1) is 0 Å². The molecular formula is C25H31N7O4. The summed E-state index contributed by atoms with van der Waals surface area (Å²) in [6, 6.07) is 1.64. The van der Waals surface area contributed by atoms with E-state index in [4.69, 9.17) is 4.74 Å². The Bertz CT molecular complexity index is 1330. The number of amides is 2. The smallest absolute Gasteiger partial charge is 0.410 e. The number of rotatable bonds is 3. The summed E-state index contributed by atoms with van der Waals surface area (Å²) in [5, 5.41) is 7.75. The molecule has 3 aromatic rings. The predicted molar refractivity (Wildman–Crippen MR) is 132 cm³/mol. The van der Waals surface area contributed by atoms with Crippen LogP contribution in [-0.2, 0) is 9.53 Å². The molecule has 2 saturated heterocycles. The molecule has 11 heteroatoms. The van der Waals surface area contributed by atoms with E-state index in [2.05, 4.69) is 25.1 Å². The van der Waals surface area contributed by atoms with Gasteiger partial charge in [0.15, 0.2) is 0 Å². The summed E-state index contributed by atoms with van der Waals surface area (Å²) in [7, 11) is 0. The van der Waals surface area contributed by atoms with Crippen LogP contribution in [0.5, 0.6) is 0 Å². The van der Waals surface area contributed by atoms with Crippen LogP contribution in [-0.4, -0.2) is 78.7 Å². The van der Waals surface area contributed by atoms with Gasteiger partial charge in [-0.2, -0.15) is 5.10 Å². The Hall–Kier alpha value is -3.76. The zero-order valence-corrected chi connectivity index (χ0v) is 20.8. The first kappa shape index (κ1) is 24.0. The van der Waals surface area contributed by atoms with Crippen molar-refractivity contribution < 1.29 is 14.3 Å². The maximum Gasteiger partial charge on any atom is 0.410 e. The molecule has 36 heavy (non-hydrogen) atoms. The van der Waals surface area contributed by atoms with Crippen LogP contribution in [0.25, 0.3) is 22.3 Å². The van der Waals surface area contributed by atoms with E-state index in [-0.39, 0.29) is 29.4 Å². The van der Waals surface area contributed by atoms with Gasteiger partial charge in [0.2, 0.25) is 5.91 Å². The molecule has 0 radical (unpaired) electrons. The van der Waals surface area contributed by atoms with Gasteiger partial charge in [-0.1, -0.05) is 0 Å². The van der Waals surface area contributed by atoms with Gasteiger partial charge in [0.05, 0.1) is 34.6 Å². The molecular weight excluding hydrogens is 462 g/mol. The fourth-order valence-corrected chi connectivity index (χ4v) is 5.00. The van der Waals surface area contributed by atoms with E-state index in [1.807, 2.05) is 25.7 Å². The van der Waals surface area contributed by atoms with Crippen LogP contribution in [0.4, 0.5) is 4.79 Å². The van der Waals surface area contributed by atoms with Crippen molar-refractivity contribution in [2.75, 3.05) is 26.2 Å². The van der Waals surface area contributed by atoms with E-state index < -0.39 is 5.60 Å². The lowest BCUT2D eigenvalue weighted by Crippen LogP contribution is -2.45. The molecule has 0 unspecified atom stereocenters. The van der Waals surface area contributed by atoms with Crippen LogP contribution < -0.4 is 5.56 Å². The summed E-state index contributed by atoms with van der Waals surface area (Å²) >= 11 is 0. The van der Waals surface area contributed by atoms with Gasteiger partial charge in [-0.05, 0) is 46.1 Å².